The van der Waals surface area contributed by atoms with Crippen molar-refractivity contribution in [1.29, 1.82) is 0 Å². The van der Waals surface area contributed by atoms with Crippen molar-refractivity contribution >= 4 is 11.4 Å². The molecule has 1 aromatic rings. The Morgan fingerprint density at radius 3 is 2.43 bits per heavy atom. The first-order chi connectivity index (χ1) is 9.77. The molecule has 0 atom stereocenters. The van der Waals surface area contributed by atoms with E-state index < -0.39 is 27.9 Å². The lowest BCUT2D eigenvalue weighted by Crippen LogP contribution is -2.39. The summed E-state index contributed by atoms with van der Waals surface area (Å²) in [5.74, 6) is 0. The Labute approximate surface area is 118 Å². The first kappa shape index (κ1) is 15.6. The fourth-order valence-corrected chi connectivity index (χ4v) is 2.65. The van der Waals surface area contributed by atoms with Crippen LogP contribution in [0.4, 0.5) is 24.5 Å². The number of nitrogens with zero attached hydrogens (tertiary/aromatic N) is 1. The Balaban J connectivity index is 2.41. The molecule has 2 N–H and O–H groups in total. The highest BCUT2D eigenvalue weighted by Crippen LogP contribution is 2.40. The molecule has 5 nitrogen and oxygen atoms in total. The summed E-state index contributed by atoms with van der Waals surface area (Å²) in [6.45, 7) is -0.277. The van der Waals surface area contributed by atoms with Crippen LogP contribution in [0.5, 0.6) is 0 Å². The fraction of sp³-hybridized carbons (Fsp3) is 0.538. The van der Waals surface area contributed by atoms with E-state index >= 15 is 0 Å². The smallest absolute Gasteiger partial charge is 0.394 e. The normalized spacial score (nSPS) is 17.7. The number of nitrogens with one attached hydrogen (secondary N) is 1. The number of aliphatic hydroxyl groups excluding tert-OH is 1. The molecule has 1 saturated carbocycles. The van der Waals surface area contributed by atoms with Gasteiger partial charge in [0.2, 0.25) is 0 Å². The van der Waals surface area contributed by atoms with Gasteiger partial charge in [-0.25, -0.2) is 0 Å². The third-order valence-corrected chi connectivity index (χ3v) is 3.78. The van der Waals surface area contributed by atoms with Crippen molar-refractivity contribution in [3.63, 3.8) is 0 Å². The maximum atomic E-state index is 13.1. The lowest BCUT2D eigenvalue weighted by molar-refractivity contribution is -0.385. The van der Waals surface area contributed by atoms with E-state index in [0.717, 1.165) is 25.0 Å². The Hall–Kier alpha value is -1.83. The topological polar surface area (TPSA) is 75.4 Å². The predicted molar refractivity (Wildman–Crippen MR) is 70.0 cm³/mol. The number of anilines is 1. The highest BCUT2D eigenvalue weighted by molar-refractivity contribution is 5.58. The van der Waals surface area contributed by atoms with Crippen LogP contribution in [0.2, 0.25) is 0 Å². The molecule has 0 heterocycles. The van der Waals surface area contributed by atoms with Crippen LogP contribution in [0, 0.1) is 10.1 Å². The van der Waals surface area contributed by atoms with Crippen LogP contribution in [-0.4, -0.2) is 22.2 Å². The van der Waals surface area contributed by atoms with E-state index in [1.165, 1.54) is 0 Å². The van der Waals surface area contributed by atoms with Gasteiger partial charge in [-0.1, -0.05) is 12.8 Å². The van der Waals surface area contributed by atoms with Crippen molar-refractivity contribution in [2.24, 2.45) is 0 Å². The van der Waals surface area contributed by atoms with Crippen molar-refractivity contribution in [3.05, 3.63) is 33.9 Å². The number of rotatable bonds is 4. The minimum absolute atomic E-state index is 0.232. The average molecular weight is 304 g/mol. The summed E-state index contributed by atoms with van der Waals surface area (Å²) in [4.78, 5) is 9.77. The summed E-state index contributed by atoms with van der Waals surface area (Å²) >= 11 is 0. The van der Waals surface area contributed by atoms with Crippen molar-refractivity contribution < 1.29 is 23.2 Å². The summed E-state index contributed by atoms with van der Waals surface area (Å²) in [6, 6.07) is 2.59. The van der Waals surface area contributed by atoms with Gasteiger partial charge in [0, 0.05) is 17.8 Å². The minimum Gasteiger partial charge on any atom is -0.394 e. The third-order valence-electron chi connectivity index (χ3n) is 3.78. The summed E-state index contributed by atoms with van der Waals surface area (Å²) in [6.07, 6.45) is -1.93. The van der Waals surface area contributed by atoms with Crippen molar-refractivity contribution in [2.75, 3.05) is 11.9 Å². The maximum Gasteiger partial charge on any atom is 0.418 e. The molecule has 0 amide bonds. The van der Waals surface area contributed by atoms with Crippen LogP contribution in [0.1, 0.15) is 31.2 Å². The molecule has 21 heavy (non-hydrogen) atoms. The monoisotopic (exact) mass is 304 g/mol. The van der Waals surface area contributed by atoms with E-state index in [1.54, 1.807) is 0 Å². The molecule has 0 aliphatic heterocycles. The molecule has 0 bridgehead atoms. The molecule has 0 saturated heterocycles. The molecule has 1 fully saturated rings. The predicted octanol–water partition coefficient (Wildman–Crippen LogP) is 3.33. The van der Waals surface area contributed by atoms with Crippen LogP contribution in [-0.2, 0) is 6.18 Å². The van der Waals surface area contributed by atoms with Crippen LogP contribution in [0.3, 0.4) is 0 Å². The lowest BCUT2D eigenvalue weighted by Gasteiger charge is -2.30. The highest BCUT2D eigenvalue weighted by Gasteiger charge is 2.39. The number of alkyl halides is 3. The number of hydrogen-bond donors (Lipinski definition) is 2. The molecule has 0 radical (unpaired) electrons. The van der Waals surface area contributed by atoms with Crippen LogP contribution in [0.25, 0.3) is 0 Å². The van der Waals surface area contributed by atoms with E-state index in [2.05, 4.69) is 5.32 Å². The van der Waals surface area contributed by atoms with Gasteiger partial charge in [0.25, 0.3) is 5.69 Å². The molecule has 2 rings (SSSR count). The molecule has 0 spiro atoms. The largest absolute Gasteiger partial charge is 0.418 e. The maximum absolute atomic E-state index is 13.1. The molecule has 116 valence electrons. The number of hydrogen-bond acceptors (Lipinski definition) is 4. The van der Waals surface area contributed by atoms with Gasteiger partial charge in [0.05, 0.1) is 22.6 Å². The quantitative estimate of drug-likeness (QED) is 0.661. The van der Waals surface area contributed by atoms with Gasteiger partial charge in [-0.05, 0) is 18.9 Å². The molecular weight excluding hydrogens is 289 g/mol. The second-order valence-electron chi connectivity index (χ2n) is 5.26. The Kier molecular flexibility index (Phi) is 4.08. The van der Waals surface area contributed by atoms with Crippen LogP contribution < -0.4 is 5.32 Å². The fourth-order valence-electron chi connectivity index (χ4n) is 2.65. The molecule has 1 aromatic carbocycles. The number of halogens is 3. The molecule has 8 heteroatoms. The molecule has 0 aromatic heterocycles. The molecular formula is C13H15F3N2O3. The SMILES string of the molecule is O=[N+]([O-])c1ccc(NC2(CO)CCCC2)c(C(F)(F)F)c1. The number of benzene rings is 1. The van der Waals surface area contributed by atoms with Gasteiger partial charge in [-0.2, -0.15) is 13.2 Å². The number of non-ortho nitro benzene ring substituents is 1. The van der Waals surface area contributed by atoms with E-state index in [-0.39, 0.29) is 12.3 Å². The Morgan fingerprint density at radius 2 is 1.95 bits per heavy atom. The van der Waals surface area contributed by atoms with Crippen LogP contribution in [0.15, 0.2) is 18.2 Å². The van der Waals surface area contributed by atoms with Crippen molar-refractivity contribution in [3.8, 4) is 0 Å². The van der Waals surface area contributed by atoms with E-state index in [4.69, 9.17) is 0 Å². The average Bonchev–Trinajstić information content (AvgIpc) is 2.87. The highest BCUT2D eigenvalue weighted by atomic mass is 19.4. The van der Waals surface area contributed by atoms with E-state index in [0.29, 0.717) is 18.9 Å². The second kappa shape index (κ2) is 5.51. The van der Waals surface area contributed by atoms with Gasteiger partial charge >= 0.3 is 6.18 Å². The first-order valence-corrected chi connectivity index (χ1v) is 6.52. The summed E-state index contributed by atoms with van der Waals surface area (Å²) in [5.41, 5.74) is -2.71. The number of aliphatic hydroxyl groups is 1. The number of nitro groups is 1. The molecule has 1 aliphatic rings. The summed E-state index contributed by atoms with van der Waals surface area (Å²) in [5, 5.41) is 22.8. The van der Waals surface area contributed by atoms with Gasteiger partial charge in [0.1, 0.15) is 0 Å². The number of nitro benzene ring substituents is 1. The zero-order chi connectivity index (χ0) is 15.7. The van der Waals surface area contributed by atoms with Gasteiger partial charge in [-0.15, -0.1) is 0 Å². The first-order valence-electron chi connectivity index (χ1n) is 6.52. The van der Waals surface area contributed by atoms with Crippen molar-refractivity contribution in [1.82, 2.24) is 0 Å². The van der Waals surface area contributed by atoms with Crippen LogP contribution >= 0.6 is 0 Å². The van der Waals surface area contributed by atoms with Gasteiger partial charge in [0.15, 0.2) is 0 Å². The second-order valence-corrected chi connectivity index (χ2v) is 5.26. The standard InChI is InChI=1S/C13H15F3N2O3/c14-13(15,16)10-7-9(18(20)21)3-4-11(10)17-12(8-19)5-1-2-6-12/h3-4,7,17,19H,1-2,5-6,8H2. The summed E-state index contributed by atoms with van der Waals surface area (Å²) < 4.78 is 39.2. The Morgan fingerprint density at radius 1 is 1.33 bits per heavy atom. The van der Waals surface area contributed by atoms with Gasteiger partial charge in [-0.3, -0.25) is 10.1 Å². The van der Waals surface area contributed by atoms with Crippen molar-refractivity contribution in [2.45, 2.75) is 37.4 Å². The molecule has 0 unspecified atom stereocenters. The lowest BCUT2D eigenvalue weighted by atomic mass is 9.97. The Bertz CT molecular complexity index is 540. The van der Waals surface area contributed by atoms with E-state index in [9.17, 15) is 28.4 Å². The molecule has 1 aliphatic carbocycles. The zero-order valence-electron chi connectivity index (χ0n) is 11.1. The third kappa shape index (κ3) is 3.26. The van der Waals surface area contributed by atoms with Gasteiger partial charge < -0.3 is 10.4 Å². The minimum atomic E-state index is -4.70. The summed E-state index contributed by atoms with van der Waals surface area (Å²) in [7, 11) is 0. The van der Waals surface area contributed by atoms with E-state index in [1.807, 2.05) is 0 Å². The zero-order valence-corrected chi connectivity index (χ0v) is 11.1.